The number of aliphatic hydroxyl groups is 1. The molecule has 2 nitrogen and oxygen atoms in total. The summed E-state index contributed by atoms with van der Waals surface area (Å²) >= 11 is 0. The minimum Gasteiger partial charge on any atom is -0.392 e. The summed E-state index contributed by atoms with van der Waals surface area (Å²) in [7, 11) is 0. The van der Waals surface area contributed by atoms with Crippen molar-refractivity contribution >= 4 is 0 Å². The minimum atomic E-state index is -2.54. The summed E-state index contributed by atoms with van der Waals surface area (Å²) in [5.41, 5.74) is 0. The molecule has 1 rings (SSSR count). The highest BCUT2D eigenvalue weighted by atomic mass is 19.3. The molecule has 0 saturated carbocycles. The van der Waals surface area contributed by atoms with Crippen molar-refractivity contribution in [3.05, 3.63) is 0 Å². The summed E-state index contributed by atoms with van der Waals surface area (Å²) in [4.78, 5) is 1.63. The second-order valence-electron chi connectivity index (χ2n) is 4.15. The third-order valence-electron chi connectivity index (χ3n) is 2.46. The molecular formula is C9H17F2NO. The van der Waals surface area contributed by atoms with Crippen molar-refractivity contribution in [2.75, 3.05) is 19.6 Å². The van der Waals surface area contributed by atoms with Crippen molar-refractivity contribution in [3.8, 4) is 0 Å². The Hall–Kier alpha value is -0.220. The Morgan fingerprint density at radius 3 is 2.46 bits per heavy atom. The van der Waals surface area contributed by atoms with E-state index in [2.05, 4.69) is 0 Å². The fraction of sp³-hybridized carbons (Fsp3) is 1.00. The van der Waals surface area contributed by atoms with Crippen LogP contribution in [-0.4, -0.2) is 41.7 Å². The molecule has 1 heterocycles. The Kier molecular flexibility index (Phi) is 3.24. The third-order valence-corrected chi connectivity index (χ3v) is 2.46. The molecule has 0 bridgehead atoms. The van der Waals surface area contributed by atoms with Crippen molar-refractivity contribution in [2.45, 2.75) is 32.3 Å². The molecule has 1 saturated heterocycles. The number of hydrogen-bond acceptors (Lipinski definition) is 2. The van der Waals surface area contributed by atoms with Crippen molar-refractivity contribution in [1.29, 1.82) is 0 Å². The molecule has 0 aromatic heterocycles. The van der Waals surface area contributed by atoms with E-state index in [9.17, 15) is 13.9 Å². The van der Waals surface area contributed by atoms with Crippen LogP contribution in [0, 0.1) is 5.92 Å². The number of rotatable bonds is 3. The van der Waals surface area contributed by atoms with Gasteiger partial charge in [-0.3, -0.25) is 4.90 Å². The lowest BCUT2D eigenvalue weighted by atomic mass is 10.1. The second kappa shape index (κ2) is 3.88. The molecule has 1 fully saturated rings. The lowest BCUT2D eigenvalue weighted by molar-refractivity contribution is 0.00472. The summed E-state index contributed by atoms with van der Waals surface area (Å²) in [5, 5.41) is 9.47. The van der Waals surface area contributed by atoms with E-state index in [4.69, 9.17) is 0 Å². The van der Waals surface area contributed by atoms with Gasteiger partial charge in [0.15, 0.2) is 0 Å². The van der Waals surface area contributed by atoms with Gasteiger partial charge in [-0.2, -0.15) is 0 Å². The van der Waals surface area contributed by atoms with Crippen LogP contribution in [0.1, 0.15) is 20.3 Å². The number of halogens is 2. The fourth-order valence-electron chi connectivity index (χ4n) is 1.44. The number of β-amino-alcohol motifs (C(OH)–C–C–N with tert-alkyl or cyclic N) is 1. The SMILES string of the molecule is CC(C)C(O)CN1CCC(F)(F)C1. The highest BCUT2D eigenvalue weighted by Crippen LogP contribution is 2.26. The molecule has 0 aromatic carbocycles. The van der Waals surface area contributed by atoms with Gasteiger partial charge in [-0.25, -0.2) is 8.78 Å². The Labute approximate surface area is 77.5 Å². The van der Waals surface area contributed by atoms with Crippen molar-refractivity contribution < 1.29 is 13.9 Å². The fourth-order valence-corrected chi connectivity index (χ4v) is 1.44. The van der Waals surface area contributed by atoms with Crippen LogP contribution in [0.2, 0.25) is 0 Å². The zero-order chi connectivity index (χ0) is 10.1. The molecule has 0 amide bonds. The van der Waals surface area contributed by atoms with Gasteiger partial charge in [-0.15, -0.1) is 0 Å². The molecule has 1 N–H and O–H groups in total. The van der Waals surface area contributed by atoms with Gasteiger partial charge in [0, 0.05) is 19.5 Å². The van der Waals surface area contributed by atoms with Gasteiger partial charge in [0.05, 0.1) is 12.6 Å². The first kappa shape index (κ1) is 10.9. The van der Waals surface area contributed by atoms with E-state index in [-0.39, 0.29) is 18.9 Å². The van der Waals surface area contributed by atoms with Gasteiger partial charge in [0.2, 0.25) is 0 Å². The van der Waals surface area contributed by atoms with Gasteiger partial charge in [0.25, 0.3) is 5.92 Å². The summed E-state index contributed by atoms with van der Waals surface area (Å²) in [6, 6.07) is 0. The van der Waals surface area contributed by atoms with Crippen LogP contribution in [0.25, 0.3) is 0 Å². The molecule has 1 aliphatic rings. The normalized spacial score (nSPS) is 25.4. The van der Waals surface area contributed by atoms with Gasteiger partial charge >= 0.3 is 0 Å². The van der Waals surface area contributed by atoms with Gasteiger partial charge < -0.3 is 5.11 Å². The maximum Gasteiger partial charge on any atom is 0.261 e. The number of aliphatic hydroxyl groups excluding tert-OH is 1. The molecular weight excluding hydrogens is 176 g/mol. The van der Waals surface area contributed by atoms with Crippen molar-refractivity contribution in [3.63, 3.8) is 0 Å². The summed E-state index contributed by atoms with van der Waals surface area (Å²) in [6.07, 6.45) is -0.563. The van der Waals surface area contributed by atoms with Crippen LogP contribution < -0.4 is 0 Å². The molecule has 0 aromatic rings. The average molecular weight is 193 g/mol. The number of alkyl halides is 2. The zero-order valence-corrected chi connectivity index (χ0v) is 8.13. The summed E-state index contributed by atoms with van der Waals surface area (Å²) in [5.74, 6) is -2.41. The third kappa shape index (κ3) is 3.19. The van der Waals surface area contributed by atoms with Crippen LogP contribution >= 0.6 is 0 Å². The monoisotopic (exact) mass is 193 g/mol. The summed E-state index contributed by atoms with van der Waals surface area (Å²) in [6.45, 7) is 4.35. The van der Waals surface area contributed by atoms with Crippen LogP contribution in [-0.2, 0) is 0 Å². The highest BCUT2D eigenvalue weighted by Gasteiger charge is 2.38. The molecule has 78 valence electrons. The van der Waals surface area contributed by atoms with Crippen molar-refractivity contribution in [1.82, 2.24) is 4.90 Å². The lowest BCUT2D eigenvalue weighted by Crippen LogP contribution is -2.35. The number of hydrogen-bond donors (Lipinski definition) is 1. The van der Waals surface area contributed by atoms with Gasteiger partial charge in [-0.1, -0.05) is 13.8 Å². The van der Waals surface area contributed by atoms with E-state index in [1.807, 2.05) is 13.8 Å². The molecule has 1 atom stereocenters. The minimum absolute atomic E-state index is 0.0716. The van der Waals surface area contributed by atoms with E-state index >= 15 is 0 Å². The first-order valence-electron chi connectivity index (χ1n) is 4.69. The summed E-state index contributed by atoms with van der Waals surface area (Å²) < 4.78 is 25.4. The van der Waals surface area contributed by atoms with Crippen molar-refractivity contribution in [2.24, 2.45) is 5.92 Å². The molecule has 4 heteroatoms. The van der Waals surface area contributed by atoms with Gasteiger partial charge in [0.1, 0.15) is 0 Å². The van der Waals surface area contributed by atoms with E-state index in [1.54, 1.807) is 4.90 Å². The molecule has 0 aliphatic carbocycles. The number of likely N-dealkylation sites (tertiary alicyclic amines) is 1. The quantitative estimate of drug-likeness (QED) is 0.731. The van der Waals surface area contributed by atoms with Crippen LogP contribution in [0.4, 0.5) is 8.78 Å². The highest BCUT2D eigenvalue weighted by molar-refractivity contribution is 4.83. The average Bonchev–Trinajstić information content (AvgIpc) is 2.30. The first-order chi connectivity index (χ1) is 5.91. The predicted molar refractivity (Wildman–Crippen MR) is 46.8 cm³/mol. The topological polar surface area (TPSA) is 23.5 Å². The smallest absolute Gasteiger partial charge is 0.261 e. The predicted octanol–water partition coefficient (Wildman–Crippen LogP) is 1.34. The standard InChI is InChI=1S/C9H17F2NO/c1-7(2)8(13)5-12-4-3-9(10,11)6-12/h7-8,13H,3-6H2,1-2H3. The Balaban J connectivity index is 2.32. The van der Waals surface area contributed by atoms with E-state index in [0.29, 0.717) is 13.1 Å². The second-order valence-corrected chi connectivity index (χ2v) is 4.15. The van der Waals surface area contributed by atoms with Crippen LogP contribution in [0.15, 0.2) is 0 Å². The van der Waals surface area contributed by atoms with Crippen LogP contribution in [0.5, 0.6) is 0 Å². The maximum atomic E-state index is 12.7. The molecule has 1 unspecified atom stereocenters. The van der Waals surface area contributed by atoms with Gasteiger partial charge in [-0.05, 0) is 5.92 Å². The Bertz CT molecular complexity index is 173. The Morgan fingerprint density at radius 2 is 2.08 bits per heavy atom. The maximum absolute atomic E-state index is 12.7. The van der Waals surface area contributed by atoms with E-state index in [0.717, 1.165) is 0 Å². The van der Waals surface area contributed by atoms with Crippen LogP contribution in [0.3, 0.4) is 0 Å². The molecule has 0 radical (unpaired) electrons. The molecule has 1 aliphatic heterocycles. The first-order valence-corrected chi connectivity index (χ1v) is 4.69. The lowest BCUT2D eigenvalue weighted by Gasteiger charge is -2.21. The van der Waals surface area contributed by atoms with E-state index in [1.165, 1.54) is 0 Å². The zero-order valence-electron chi connectivity index (χ0n) is 8.13. The largest absolute Gasteiger partial charge is 0.392 e. The molecule has 13 heavy (non-hydrogen) atoms. The van der Waals surface area contributed by atoms with E-state index < -0.39 is 12.0 Å². The molecule has 0 spiro atoms. The number of nitrogens with zero attached hydrogens (tertiary/aromatic N) is 1. The Morgan fingerprint density at radius 1 is 1.46 bits per heavy atom.